The summed E-state index contributed by atoms with van der Waals surface area (Å²) in [6.07, 6.45) is 6.76. The summed E-state index contributed by atoms with van der Waals surface area (Å²) in [6.45, 7) is 2.33. The fraction of sp³-hybridized carbons (Fsp3) is 0.500. The monoisotopic (exact) mass is 313 g/mol. The molecule has 0 unspecified atom stereocenters. The third kappa shape index (κ3) is 4.41. The fourth-order valence-corrected chi connectivity index (χ4v) is 3.04. The van der Waals surface area contributed by atoms with Gasteiger partial charge in [-0.25, -0.2) is 0 Å². The summed E-state index contributed by atoms with van der Waals surface area (Å²) in [5.74, 6) is 1.79. The van der Waals surface area contributed by atoms with E-state index in [1.165, 1.54) is 31.2 Å². The van der Waals surface area contributed by atoms with E-state index in [2.05, 4.69) is 15.5 Å². The molecule has 1 aliphatic carbocycles. The number of aryl methyl sites for hydroxylation is 1. The van der Waals surface area contributed by atoms with Gasteiger partial charge in [-0.3, -0.25) is 4.79 Å². The molecule has 1 N–H and O–H groups in total. The number of carbonyl (C=O) groups is 1. The van der Waals surface area contributed by atoms with Crippen molar-refractivity contribution in [3.8, 4) is 11.4 Å². The number of hydrogen-bond acceptors (Lipinski definition) is 4. The molecule has 2 aromatic rings. The first kappa shape index (κ1) is 15.7. The van der Waals surface area contributed by atoms with Gasteiger partial charge in [0.1, 0.15) is 0 Å². The summed E-state index contributed by atoms with van der Waals surface area (Å²) < 4.78 is 5.20. The molecule has 5 heteroatoms. The first-order valence-electron chi connectivity index (χ1n) is 8.37. The van der Waals surface area contributed by atoms with Crippen molar-refractivity contribution in [2.75, 3.05) is 0 Å². The zero-order valence-electron chi connectivity index (χ0n) is 13.5. The van der Waals surface area contributed by atoms with E-state index < -0.39 is 0 Å². The molecule has 1 saturated carbocycles. The van der Waals surface area contributed by atoms with Crippen molar-refractivity contribution >= 4 is 5.91 Å². The molecule has 122 valence electrons. The highest BCUT2D eigenvalue weighted by Gasteiger charge is 2.16. The lowest BCUT2D eigenvalue weighted by atomic mass is 10.0. The summed E-state index contributed by atoms with van der Waals surface area (Å²) in [5, 5.41) is 6.83. The number of benzene rings is 1. The Labute approximate surface area is 136 Å². The van der Waals surface area contributed by atoms with E-state index in [0.717, 1.165) is 17.9 Å². The molecule has 1 aliphatic rings. The molecule has 1 heterocycles. The molecule has 0 aliphatic heterocycles. The zero-order valence-corrected chi connectivity index (χ0v) is 13.5. The molecule has 5 nitrogen and oxygen atoms in total. The number of nitrogens with zero attached hydrogens (tertiary/aromatic N) is 2. The van der Waals surface area contributed by atoms with Crippen LogP contribution in [0.2, 0.25) is 0 Å². The van der Waals surface area contributed by atoms with Crippen LogP contribution in [0.25, 0.3) is 11.4 Å². The molecule has 0 spiro atoms. The predicted octanol–water partition coefficient (Wildman–Crippen LogP) is 3.63. The summed E-state index contributed by atoms with van der Waals surface area (Å²) in [7, 11) is 0. The number of nitrogens with one attached hydrogen (secondary N) is 1. The fourth-order valence-electron chi connectivity index (χ4n) is 3.04. The Morgan fingerprint density at radius 1 is 1.26 bits per heavy atom. The Balaban J connectivity index is 1.47. The van der Waals surface area contributed by atoms with Crippen LogP contribution in [0.1, 0.15) is 50.0 Å². The van der Waals surface area contributed by atoms with E-state index in [1.54, 1.807) is 0 Å². The smallest absolute Gasteiger partial charge is 0.246 e. The van der Waals surface area contributed by atoms with E-state index in [-0.39, 0.29) is 5.91 Å². The van der Waals surface area contributed by atoms with Crippen molar-refractivity contribution in [2.24, 2.45) is 5.92 Å². The van der Waals surface area contributed by atoms with E-state index in [4.69, 9.17) is 4.52 Å². The van der Waals surface area contributed by atoms with Gasteiger partial charge in [-0.2, -0.15) is 4.98 Å². The average Bonchev–Trinajstić information content (AvgIpc) is 3.23. The lowest BCUT2D eigenvalue weighted by Gasteiger charge is -2.07. The quantitative estimate of drug-likeness (QED) is 0.884. The van der Waals surface area contributed by atoms with Crippen LogP contribution in [0.15, 0.2) is 28.8 Å². The first-order valence-corrected chi connectivity index (χ1v) is 8.37. The largest absolute Gasteiger partial charge is 0.347 e. The lowest BCUT2D eigenvalue weighted by molar-refractivity contribution is -0.121. The molecule has 0 bridgehead atoms. The van der Waals surface area contributed by atoms with Gasteiger partial charge in [-0.05, 0) is 19.3 Å². The summed E-state index contributed by atoms with van der Waals surface area (Å²) in [4.78, 5) is 16.2. The van der Waals surface area contributed by atoms with Crippen molar-refractivity contribution in [3.63, 3.8) is 0 Å². The van der Waals surface area contributed by atoms with Crippen molar-refractivity contribution in [2.45, 2.75) is 52.0 Å². The second kappa shape index (κ2) is 7.40. The number of hydrogen-bond donors (Lipinski definition) is 1. The maximum atomic E-state index is 11.9. The zero-order chi connectivity index (χ0) is 16.1. The molecule has 1 fully saturated rings. The second-order valence-electron chi connectivity index (χ2n) is 6.34. The molecule has 0 atom stereocenters. The van der Waals surface area contributed by atoms with Gasteiger partial charge < -0.3 is 9.84 Å². The van der Waals surface area contributed by atoms with E-state index >= 15 is 0 Å². The van der Waals surface area contributed by atoms with Gasteiger partial charge in [-0.15, -0.1) is 0 Å². The van der Waals surface area contributed by atoms with Crippen LogP contribution in [-0.4, -0.2) is 16.0 Å². The van der Waals surface area contributed by atoms with Gasteiger partial charge in [-0.1, -0.05) is 60.7 Å². The Bertz CT molecular complexity index is 643. The lowest BCUT2D eigenvalue weighted by Crippen LogP contribution is -2.23. The highest BCUT2D eigenvalue weighted by molar-refractivity contribution is 5.75. The topological polar surface area (TPSA) is 68.0 Å². The normalized spacial score (nSPS) is 15.0. The first-order chi connectivity index (χ1) is 11.2. The minimum absolute atomic E-state index is 0.0620. The number of aromatic nitrogens is 2. The Kier molecular flexibility index (Phi) is 5.05. The van der Waals surface area contributed by atoms with Crippen molar-refractivity contribution < 1.29 is 9.32 Å². The molecular weight excluding hydrogens is 290 g/mol. The number of amides is 1. The molecule has 0 radical (unpaired) electrons. The highest BCUT2D eigenvalue weighted by Crippen LogP contribution is 2.28. The van der Waals surface area contributed by atoms with Gasteiger partial charge in [0.15, 0.2) is 0 Å². The Hall–Kier alpha value is -2.17. The molecule has 23 heavy (non-hydrogen) atoms. The third-order valence-electron chi connectivity index (χ3n) is 4.47. The van der Waals surface area contributed by atoms with Crippen LogP contribution in [-0.2, 0) is 11.3 Å². The maximum absolute atomic E-state index is 11.9. The Morgan fingerprint density at radius 3 is 2.74 bits per heavy atom. The molecule has 1 aromatic heterocycles. The van der Waals surface area contributed by atoms with Crippen LogP contribution >= 0.6 is 0 Å². The molecule has 0 saturated heterocycles. The summed E-state index contributed by atoms with van der Waals surface area (Å²) in [5.41, 5.74) is 2.10. The van der Waals surface area contributed by atoms with Crippen molar-refractivity contribution in [1.29, 1.82) is 0 Å². The summed E-state index contributed by atoms with van der Waals surface area (Å²) >= 11 is 0. The van der Waals surface area contributed by atoms with Crippen LogP contribution in [0.4, 0.5) is 0 Å². The number of rotatable bonds is 6. The molecule has 1 aromatic carbocycles. The maximum Gasteiger partial charge on any atom is 0.246 e. The standard InChI is InChI=1S/C18H23N3O2/c1-13-6-9-15(10-7-13)18-20-17(23-21-18)12-19-16(22)11-8-14-4-2-3-5-14/h6-7,9-10,14H,2-5,8,11-12H2,1H3,(H,19,22). The van der Waals surface area contributed by atoms with Crippen molar-refractivity contribution in [3.05, 3.63) is 35.7 Å². The van der Waals surface area contributed by atoms with Crippen LogP contribution in [0, 0.1) is 12.8 Å². The van der Waals surface area contributed by atoms with E-state index in [9.17, 15) is 4.79 Å². The SMILES string of the molecule is Cc1ccc(-c2noc(CNC(=O)CCC3CCCC3)n2)cc1. The van der Waals surface area contributed by atoms with Gasteiger partial charge in [0.25, 0.3) is 0 Å². The minimum atomic E-state index is 0.0620. The van der Waals surface area contributed by atoms with Crippen LogP contribution in [0.3, 0.4) is 0 Å². The van der Waals surface area contributed by atoms with E-state index in [0.29, 0.717) is 24.7 Å². The van der Waals surface area contributed by atoms with Gasteiger partial charge in [0.05, 0.1) is 6.54 Å². The predicted molar refractivity (Wildman–Crippen MR) is 87.5 cm³/mol. The van der Waals surface area contributed by atoms with Crippen LogP contribution in [0.5, 0.6) is 0 Å². The Morgan fingerprint density at radius 2 is 2.00 bits per heavy atom. The molecular formula is C18H23N3O2. The number of carbonyl (C=O) groups excluding carboxylic acids is 1. The second-order valence-corrected chi connectivity index (χ2v) is 6.34. The molecule has 1 amide bonds. The van der Waals surface area contributed by atoms with Gasteiger partial charge >= 0.3 is 0 Å². The summed E-state index contributed by atoms with van der Waals surface area (Å²) in [6, 6.07) is 7.95. The van der Waals surface area contributed by atoms with E-state index in [1.807, 2.05) is 31.2 Å². The van der Waals surface area contributed by atoms with Gasteiger partial charge in [0, 0.05) is 12.0 Å². The molecule has 3 rings (SSSR count). The third-order valence-corrected chi connectivity index (χ3v) is 4.47. The average molecular weight is 313 g/mol. The minimum Gasteiger partial charge on any atom is -0.347 e. The van der Waals surface area contributed by atoms with Gasteiger partial charge in [0.2, 0.25) is 17.6 Å². The van der Waals surface area contributed by atoms with Crippen LogP contribution < -0.4 is 5.32 Å². The van der Waals surface area contributed by atoms with Crippen molar-refractivity contribution in [1.82, 2.24) is 15.5 Å². The highest BCUT2D eigenvalue weighted by atomic mass is 16.5.